The van der Waals surface area contributed by atoms with Crippen LogP contribution in [0.15, 0.2) is 41.2 Å². The van der Waals surface area contributed by atoms with Crippen LogP contribution in [0, 0.1) is 0 Å². The molecule has 2 rings (SSSR count). The van der Waals surface area contributed by atoms with Crippen molar-refractivity contribution in [3.8, 4) is 11.3 Å². The first-order valence-corrected chi connectivity index (χ1v) is 5.35. The van der Waals surface area contributed by atoms with Gasteiger partial charge in [-0.25, -0.2) is 4.98 Å². The topological polar surface area (TPSA) is 24.9 Å². The van der Waals surface area contributed by atoms with Crippen LogP contribution < -0.4 is 5.32 Å². The van der Waals surface area contributed by atoms with Crippen LogP contribution in [0.3, 0.4) is 0 Å². The largest absolute Gasteiger partial charge is 0.323 e. The van der Waals surface area contributed by atoms with Crippen molar-refractivity contribution in [1.82, 2.24) is 10.3 Å². The quantitative estimate of drug-likeness (QED) is 0.776. The molecule has 0 aliphatic rings. The molecule has 74 valence electrons. The Morgan fingerprint density at radius 1 is 1.14 bits per heavy atom. The van der Waals surface area contributed by atoms with Crippen molar-refractivity contribution in [3.63, 3.8) is 0 Å². The predicted molar refractivity (Wildman–Crippen MR) is 62.5 cm³/mol. The van der Waals surface area contributed by atoms with Crippen LogP contribution >= 0.6 is 11.3 Å². The summed E-state index contributed by atoms with van der Waals surface area (Å²) in [5.74, 6) is 0. The number of hydrogen-bond acceptors (Lipinski definition) is 3. The van der Waals surface area contributed by atoms with Crippen LogP contribution in [0.2, 0.25) is 0 Å². The summed E-state index contributed by atoms with van der Waals surface area (Å²) in [6.45, 7) is 0. The maximum atomic E-state index is 4.20. The molecule has 0 spiro atoms. The minimum absolute atomic E-state index is 1.07. The third-order valence-corrected chi connectivity index (χ3v) is 2.09. The summed E-state index contributed by atoms with van der Waals surface area (Å²) < 4.78 is 0. The molecule has 2 aromatic rings. The average molecular weight is 206 g/mol. The molecule has 0 bridgehead atoms. The third-order valence-electron chi connectivity index (χ3n) is 1.50. The van der Waals surface area contributed by atoms with E-state index in [9.17, 15) is 0 Å². The maximum Gasteiger partial charge on any atom is 0.0811 e. The third kappa shape index (κ3) is 3.28. The Labute approximate surface area is 88.6 Å². The number of aromatic nitrogens is 1. The van der Waals surface area contributed by atoms with Crippen molar-refractivity contribution in [2.24, 2.45) is 0 Å². The molecule has 0 radical (unpaired) electrons. The van der Waals surface area contributed by atoms with Gasteiger partial charge < -0.3 is 5.32 Å². The second-order valence-electron chi connectivity index (χ2n) is 2.74. The highest BCUT2D eigenvalue weighted by molar-refractivity contribution is 7.07. The van der Waals surface area contributed by atoms with Crippen LogP contribution in [0.4, 0.5) is 0 Å². The van der Waals surface area contributed by atoms with Crippen molar-refractivity contribution < 1.29 is 0 Å². The van der Waals surface area contributed by atoms with Gasteiger partial charge in [0.2, 0.25) is 0 Å². The van der Waals surface area contributed by atoms with Gasteiger partial charge in [0, 0.05) is 10.9 Å². The highest BCUT2D eigenvalue weighted by Crippen LogP contribution is 2.17. The minimum Gasteiger partial charge on any atom is -0.323 e. The van der Waals surface area contributed by atoms with Crippen molar-refractivity contribution in [2.75, 3.05) is 14.1 Å². The van der Waals surface area contributed by atoms with Crippen molar-refractivity contribution in [3.05, 3.63) is 41.2 Å². The normalized spacial score (nSPS) is 9.00. The van der Waals surface area contributed by atoms with Gasteiger partial charge in [-0.2, -0.15) is 0 Å². The Morgan fingerprint density at radius 2 is 1.79 bits per heavy atom. The van der Waals surface area contributed by atoms with Crippen LogP contribution in [-0.2, 0) is 0 Å². The van der Waals surface area contributed by atoms with Crippen molar-refractivity contribution in [1.29, 1.82) is 0 Å². The molecule has 3 heteroatoms. The zero-order valence-corrected chi connectivity index (χ0v) is 9.21. The molecule has 0 atom stereocenters. The summed E-state index contributed by atoms with van der Waals surface area (Å²) in [5.41, 5.74) is 4.10. The summed E-state index contributed by atoms with van der Waals surface area (Å²) in [6, 6.07) is 10.2. The monoisotopic (exact) mass is 206 g/mol. The molecule has 1 aromatic heterocycles. The molecule has 0 amide bonds. The van der Waals surface area contributed by atoms with E-state index in [2.05, 4.69) is 27.8 Å². The summed E-state index contributed by atoms with van der Waals surface area (Å²) in [5, 5.41) is 4.80. The lowest BCUT2D eigenvalue weighted by molar-refractivity contribution is 1.02. The van der Waals surface area contributed by atoms with E-state index in [1.165, 1.54) is 5.56 Å². The summed E-state index contributed by atoms with van der Waals surface area (Å²) >= 11 is 1.62. The number of thiazole rings is 1. The molecular formula is C11H14N2S. The maximum absolute atomic E-state index is 4.20. The molecule has 14 heavy (non-hydrogen) atoms. The lowest BCUT2D eigenvalue weighted by atomic mass is 10.2. The van der Waals surface area contributed by atoms with Gasteiger partial charge in [-0.3, -0.25) is 0 Å². The fourth-order valence-corrected chi connectivity index (χ4v) is 1.53. The van der Waals surface area contributed by atoms with Gasteiger partial charge in [-0.15, -0.1) is 11.3 Å². The molecule has 1 aromatic carbocycles. The first-order valence-electron chi connectivity index (χ1n) is 4.40. The number of rotatable bonds is 1. The summed E-state index contributed by atoms with van der Waals surface area (Å²) in [7, 11) is 3.75. The molecule has 1 heterocycles. The second-order valence-corrected chi connectivity index (χ2v) is 3.46. The number of hydrogen-bond donors (Lipinski definition) is 1. The molecule has 0 unspecified atom stereocenters. The molecular weight excluding hydrogens is 192 g/mol. The van der Waals surface area contributed by atoms with Gasteiger partial charge in [0.15, 0.2) is 0 Å². The van der Waals surface area contributed by atoms with Crippen molar-refractivity contribution >= 4 is 11.3 Å². The van der Waals surface area contributed by atoms with Gasteiger partial charge in [0.25, 0.3) is 0 Å². The number of nitrogens with one attached hydrogen (secondary N) is 1. The molecule has 0 fully saturated rings. The highest BCUT2D eigenvalue weighted by atomic mass is 32.1. The fraction of sp³-hybridized carbons (Fsp3) is 0.182. The van der Waals surface area contributed by atoms with Crippen LogP contribution in [0.5, 0.6) is 0 Å². The lowest BCUT2D eigenvalue weighted by Crippen LogP contribution is -1.89. The molecule has 1 N–H and O–H groups in total. The first kappa shape index (κ1) is 10.9. The fourth-order valence-electron chi connectivity index (χ4n) is 0.964. The summed E-state index contributed by atoms with van der Waals surface area (Å²) in [4.78, 5) is 4.20. The molecule has 2 nitrogen and oxygen atoms in total. The van der Waals surface area contributed by atoms with E-state index in [-0.39, 0.29) is 0 Å². The lowest BCUT2D eigenvalue weighted by Gasteiger charge is -1.92. The van der Waals surface area contributed by atoms with E-state index in [1.54, 1.807) is 11.3 Å². The Morgan fingerprint density at radius 3 is 2.29 bits per heavy atom. The standard InChI is InChI=1S/C9H7NS.C2H7N/c1-2-4-8(5-3-1)9-6-11-7-10-9;1-3-2/h1-7H;3H,1-2H3. The molecule has 0 saturated heterocycles. The molecule has 0 aliphatic carbocycles. The smallest absolute Gasteiger partial charge is 0.0811 e. The van der Waals surface area contributed by atoms with E-state index in [4.69, 9.17) is 0 Å². The van der Waals surface area contributed by atoms with Gasteiger partial charge in [-0.1, -0.05) is 30.3 Å². The predicted octanol–water partition coefficient (Wildman–Crippen LogP) is 2.65. The SMILES string of the molecule is CNC.c1ccc(-c2cscn2)cc1. The van der Waals surface area contributed by atoms with E-state index in [0.29, 0.717) is 0 Å². The molecule has 0 aliphatic heterocycles. The van der Waals surface area contributed by atoms with Gasteiger partial charge in [0.05, 0.1) is 11.2 Å². The second kappa shape index (κ2) is 6.29. The number of nitrogens with zero attached hydrogens (tertiary/aromatic N) is 1. The Kier molecular flexibility index (Phi) is 4.89. The van der Waals surface area contributed by atoms with Gasteiger partial charge in [0.1, 0.15) is 0 Å². The summed E-state index contributed by atoms with van der Waals surface area (Å²) in [6.07, 6.45) is 0. The van der Waals surface area contributed by atoms with E-state index in [1.807, 2.05) is 37.8 Å². The zero-order valence-electron chi connectivity index (χ0n) is 8.40. The number of benzene rings is 1. The Hall–Kier alpha value is -1.19. The van der Waals surface area contributed by atoms with E-state index < -0.39 is 0 Å². The molecule has 0 saturated carbocycles. The van der Waals surface area contributed by atoms with Crippen LogP contribution in [0.25, 0.3) is 11.3 Å². The van der Waals surface area contributed by atoms with Gasteiger partial charge in [-0.05, 0) is 14.1 Å². The Bertz CT molecular complexity index is 329. The first-order chi connectivity index (χ1) is 6.88. The zero-order chi connectivity index (χ0) is 10.2. The van der Waals surface area contributed by atoms with Crippen LogP contribution in [-0.4, -0.2) is 19.1 Å². The van der Waals surface area contributed by atoms with Crippen molar-refractivity contribution in [2.45, 2.75) is 0 Å². The van der Waals surface area contributed by atoms with E-state index >= 15 is 0 Å². The average Bonchev–Trinajstić information content (AvgIpc) is 2.73. The van der Waals surface area contributed by atoms with Gasteiger partial charge >= 0.3 is 0 Å². The minimum atomic E-state index is 1.07. The van der Waals surface area contributed by atoms with Crippen LogP contribution in [0.1, 0.15) is 0 Å². The Balaban J connectivity index is 0.000000293. The highest BCUT2D eigenvalue weighted by Gasteiger charge is 1.95. The van der Waals surface area contributed by atoms with E-state index in [0.717, 1.165) is 5.69 Å².